The van der Waals surface area contributed by atoms with Gasteiger partial charge in [0.1, 0.15) is 0 Å². The number of nitrogens with one attached hydrogen (secondary N) is 1. The van der Waals surface area contributed by atoms with Gasteiger partial charge in [0, 0.05) is 31.3 Å². The molecule has 0 bridgehead atoms. The summed E-state index contributed by atoms with van der Waals surface area (Å²) in [7, 11) is -3.47. The highest BCUT2D eigenvalue weighted by Gasteiger charge is 2.26. The predicted molar refractivity (Wildman–Crippen MR) is 119 cm³/mol. The first-order chi connectivity index (χ1) is 14.9. The maximum absolute atomic E-state index is 12.6. The van der Waals surface area contributed by atoms with Crippen molar-refractivity contribution in [3.8, 4) is 11.5 Å². The van der Waals surface area contributed by atoms with Crippen LogP contribution in [-0.4, -0.2) is 44.9 Å². The number of hydrogen-bond donors (Lipinski definition) is 1. The van der Waals surface area contributed by atoms with Crippen molar-refractivity contribution in [2.45, 2.75) is 24.2 Å². The highest BCUT2D eigenvalue weighted by Crippen LogP contribution is 2.38. The van der Waals surface area contributed by atoms with E-state index >= 15 is 0 Å². The number of ether oxygens (including phenoxy) is 2. The lowest BCUT2D eigenvalue weighted by atomic mass is 10.2. The standard InChI is InChI=1S/C22H23ClN2O5S/c23-19-14-16(15-20-22(19)30-13-3-12-29-20)4-9-21(26)24-17-5-7-18(8-6-17)31(27,28)25-10-1-2-11-25/h4-9,14-15H,1-3,10-13H2,(H,24,26)/b9-4+. The molecule has 31 heavy (non-hydrogen) atoms. The number of hydrogen-bond acceptors (Lipinski definition) is 5. The summed E-state index contributed by atoms with van der Waals surface area (Å²) >= 11 is 6.27. The molecule has 1 N–H and O–H groups in total. The van der Waals surface area contributed by atoms with Gasteiger partial charge in [0.15, 0.2) is 11.5 Å². The third-order valence-electron chi connectivity index (χ3n) is 5.08. The van der Waals surface area contributed by atoms with Crippen LogP contribution in [0.1, 0.15) is 24.8 Å². The number of rotatable bonds is 5. The average Bonchev–Trinajstić information content (AvgIpc) is 3.20. The van der Waals surface area contributed by atoms with E-state index in [0.29, 0.717) is 54.1 Å². The van der Waals surface area contributed by atoms with Crippen LogP contribution in [0.4, 0.5) is 5.69 Å². The second-order valence-corrected chi connectivity index (χ2v) is 9.68. The summed E-state index contributed by atoms with van der Waals surface area (Å²) in [6, 6.07) is 9.66. The van der Waals surface area contributed by atoms with E-state index in [4.69, 9.17) is 21.1 Å². The van der Waals surface area contributed by atoms with Crippen LogP contribution in [-0.2, 0) is 14.8 Å². The molecule has 0 aliphatic carbocycles. The molecule has 164 valence electrons. The molecule has 4 rings (SSSR count). The summed E-state index contributed by atoms with van der Waals surface area (Å²) in [6.07, 6.45) is 5.55. The second-order valence-electron chi connectivity index (χ2n) is 7.34. The molecule has 0 unspecified atom stereocenters. The van der Waals surface area contributed by atoms with Gasteiger partial charge in [0.05, 0.1) is 23.1 Å². The first-order valence-electron chi connectivity index (χ1n) is 10.1. The van der Waals surface area contributed by atoms with Gasteiger partial charge in [-0.15, -0.1) is 0 Å². The van der Waals surface area contributed by atoms with E-state index in [1.54, 1.807) is 30.3 Å². The molecule has 1 amide bonds. The Morgan fingerprint density at radius 2 is 1.74 bits per heavy atom. The molecule has 2 heterocycles. The smallest absolute Gasteiger partial charge is 0.248 e. The molecular formula is C22H23ClN2O5S. The van der Waals surface area contributed by atoms with Gasteiger partial charge in [-0.25, -0.2) is 8.42 Å². The minimum atomic E-state index is -3.47. The first-order valence-corrected chi connectivity index (χ1v) is 11.9. The Kier molecular flexibility index (Phi) is 6.50. The highest BCUT2D eigenvalue weighted by atomic mass is 35.5. The lowest BCUT2D eigenvalue weighted by Gasteiger charge is -2.15. The molecule has 0 spiro atoms. The molecule has 9 heteroatoms. The fourth-order valence-electron chi connectivity index (χ4n) is 3.49. The van der Waals surface area contributed by atoms with Crippen molar-refractivity contribution < 1.29 is 22.7 Å². The molecule has 1 fully saturated rings. The summed E-state index contributed by atoms with van der Waals surface area (Å²) in [5.41, 5.74) is 1.21. The van der Waals surface area contributed by atoms with Crippen molar-refractivity contribution in [2.75, 3.05) is 31.6 Å². The van der Waals surface area contributed by atoms with Crippen LogP contribution in [0.15, 0.2) is 47.4 Å². The van der Waals surface area contributed by atoms with Crippen molar-refractivity contribution in [3.63, 3.8) is 0 Å². The van der Waals surface area contributed by atoms with Crippen LogP contribution in [0.3, 0.4) is 0 Å². The molecule has 2 aromatic carbocycles. The van der Waals surface area contributed by atoms with Crippen LogP contribution >= 0.6 is 11.6 Å². The molecule has 0 aromatic heterocycles. The molecule has 1 saturated heterocycles. The minimum Gasteiger partial charge on any atom is -0.489 e. The summed E-state index contributed by atoms with van der Waals surface area (Å²) in [5.74, 6) is 0.725. The average molecular weight is 463 g/mol. The Balaban J connectivity index is 1.41. The van der Waals surface area contributed by atoms with Gasteiger partial charge in [-0.05, 0) is 60.9 Å². The van der Waals surface area contributed by atoms with Gasteiger partial charge in [-0.1, -0.05) is 11.6 Å². The van der Waals surface area contributed by atoms with Gasteiger partial charge >= 0.3 is 0 Å². The summed E-state index contributed by atoms with van der Waals surface area (Å²) in [4.78, 5) is 12.5. The van der Waals surface area contributed by atoms with E-state index in [-0.39, 0.29) is 10.8 Å². The maximum atomic E-state index is 12.6. The number of nitrogens with zero attached hydrogens (tertiary/aromatic N) is 1. The number of amides is 1. The van der Waals surface area contributed by atoms with E-state index in [0.717, 1.165) is 19.3 Å². The Labute approximate surface area is 186 Å². The number of anilines is 1. The molecule has 0 radical (unpaired) electrons. The van der Waals surface area contributed by atoms with E-state index in [9.17, 15) is 13.2 Å². The third kappa shape index (κ3) is 5.03. The van der Waals surface area contributed by atoms with Crippen LogP contribution in [0.25, 0.3) is 6.08 Å². The zero-order chi connectivity index (χ0) is 21.8. The molecule has 2 aliphatic rings. The summed E-state index contributed by atoms with van der Waals surface area (Å²) < 4.78 is 37.9. The topological polar surface area (TPSA) is 84.9 Å². The second kappa shape index (κ2) is 9.30. The zero-order valence-electron chi connectivity index (χ0n) is 16.8. The predicted octanol–water partition coefficient (Wildman–Crippen LogP) is 3.94. The Morgan fingerprint density at radius 1 is 1.03 bits per heavy atom. The van der Waals surface area contributed by atoms with E-state index in [1.165, 1.54) is 22.5 Å². The number of carbonyl (C=O) groups excluding carboxylic acids is 1. The minimum absolute atomic E-state index is 0.227. The van der Waals surface area contributed by atoms with Crippen LogP contribution in [0.5, 0.6) is 11.5 Å². The highest BCUT2D eigenvalue weighted by molar-refractivity contribution is 7.89. The largest absolute Gasteiger partial charge is 0.489 e. The van der Waals surface area contributed by atoms with Crippen molar-refractivity contribution in [2.24, 2.45) is 0 Å². The SMILES string of the molecule is O=C(/C=C/c1cc(Cl)c2c(c1)OCCCO2)Nc1ccc(S(=O)(=O)N2CCCC2)cc1. The van der Waals surface area contributed by atoms with Gasteiger partial charge in [-0.2, -0.15) is 4.31 Å². The monoisotopic (exact) mass is 462 g/mol. The van der Waals surface area contributed by atoms with Crippen molar-refractivity contribution in [1.29, 1.82) is 0 Å². The molecule has 0 saturated carbocycles. The number of benzene rings is 2. The fraction of sp³-hybridized carbons (Fsp3) is 0.318. The molecule has 7 nitrogen and oxygen atoms in total. The third-order valence-corrected chi connectivity index (χ3v) is 7.27. The van der Waals surface area contributed by atoms with E-state index in [2.05, 4.69) is 5.32 Å². The lowest BCUT2D eigenvalue weighted by molar-refractivity contribution is -0.111. The van der Waals surface area contributed by atoms with E-state index < -0.39 is 10.0 Å². The van der Waals surface area contributed by atoms with Crippen LogP contribution < -0.4 is 14.8 Å². The fourth-order valence-corrected chi connectivity index (χ4v) is 5.28. The van der Waals surface area contributed by atoms with Gasteiger partial charge in [0.25, 0.3) is 0 Å². The quantitative estimate of drug-likeness (QED) is 0.680. The van der Waals surface area contributed by atoms with Gasteiger partial charge in [0.2, 0.25) is 15.9 Å². The Morgan fingerprint density at radius 3 is 2.48 bits per heavy atom. The molecule has 2 aromatic rings. The number of halogens is 1. The Hall–Kier alpha value is -2.55. The zero-order valence-corrected chi connectivity index (χ0v) is 18.4. The van der Waals surface area contributed by atoms with Crippen LogP contribution in [0, 0.1) is 0 Å². The normalized spacial score (nSPS) is 16.9. The maximum Gasteiger partial charge on any atom is 0.248 e. The van der Waals surface area contributed by atoms with Crippen molar-refractivity contribution in [1.82, 2.24) is 4.31 Å². The first kappa shape index (κ1) is 21.7. The van der Waals surface area contributed by atoms with Crippen molar-refractivity contribution >= 4 is 39.3 Å². The van der Waals surface area contributed by atoms with E-state index in [1.807, 2.05) is 0 Å². The summed E-state index contributed by atoms with van der Waals surface area (Å²) in [6.45, 7) is 2.19. The van der Waals surface area contributed by atoms with Gasteiger partial charge < -0.3 is 14.8 Å². The number of fused-ring (bicyclic) bond motifs is 1. The molecule has 0 atom stereocenters. The summed E-state index contributed by atoms with van der Waals surface area (Å²) in [5, 5.41) is 3.15. The van der Waals surface area contributed by atoms with Gasteiger partial charge in [-0.3, -0.25) is 4.79 Å². The lowest BCUT2D eigenvalue weighted by Crippen LogP contribution is -2.27. The molecular weight excluding hydrogens is 440 g/mol. The number of carbonyl (C=O) groups is 1. The number of sulfonamides is 1. The van der Waals surface area contributed by atoms with Crippen molar-refractivity contribution in [3.05, 3.63) is 53.1 Å². The Bertz CT molecular complexity index is 1090. The van der Waals surface area contributed by atoms with Crippen LogP contribution in [0.2, 0.25) is 5.02 Å². The molecule has 2 aliphatic heterocycles.